The summed E-state index contributed by atoms with van der Waals surface area (Å²) in [6.07, 6.45) is 0.149. The Balaban J connectivity index is 4.45. The third-order valence-corrected chi connectivity index (χ3v) is 4.74. The molecule has 0 bridgehead atoms. The lowest BCUT2D eigenvalue weighted by Crippen LogP contribution is -2.30. The van der Waals surface area contributed by atoms with Gasteiger partial charge in [-0.3, -0.25) is 14.4 Å². The maximum atomic E-state index is 10.6. The number of hydrogen-bond donors (Lipinski definition) is 6. The number of nitrogens with one attached hydrogen (secondary N) is 1. The zero-order chi connectivity index (χ0) is 11.4. The maximum absolute atomic E-state index is 10.6. The van der Waals surface area contributed by atoms with Gasteiger partial charge in [0.1, 0.15) is 0 Å². The monoisotopic (exact) mass is 249 g/mol. The Morgan fingerprint density at radius 1 is 1.07 bits per heavy atom. The van der Waals surface area contributed by atoms with Crippen LogP contribution in [-0.4, -0.2) is 43.4 Å². The van der Waals surface area contributed by atoms with E-state index in [1.165, 1.54) is 0 Å². The fourth-order valence-electron chi connectivity index (χ4n) is 0.744. The number of hydrogen-bond acceptors (Lipinski definition) is 4. The molecule has 0 fully saturated rings. The van der Waals surface area contributed by atoms with Gasteiger partial charge in [0, 0.05) is 6.61 Å². The molecule has 0 aliphatic heterocycles. The van der Waals surface area contributed by atoms with Crippen LogP contribution in [0.3, 0.4) is 0 Å². The third kappa shape index (κ3) is 5.19. The van der Waals surface area contributed by atoms with Crippen LogP contribution in [0.2, 0.25) is 0 Å². The van der Waals surface area contributed by atoms with Gasteiger partial charge in [0.25, 0.3) is 0 Å². The molecule has 6 N–H and O–H groups in total. The number of rotatable bonds is 6. The summed E-state index contributed by atoms with van der Waals surface area (Å²) in [5.74, 6) is 0. The van der Waals surface area contributed by atoms with Crippen molar-refractivity contribution in [3.05, 3.63) is 0 Å². The first kappa shape index (κ1) is 14.2. The van der Waals surface area contributed by atoms with Crippen LogP contribution in [0.25, 0.3) is 0 Å². The Hall–Kier alpha value is 0.220. The standard InChI is InChI=1S/C4H13NO7P2/c6-3-1-2-5-4(13(7,8)9)14(10,11)12/h4-6H,1-3H2,(H2,7,8,9)(H2,10,11,12). The van der Waals surface area contributed by atoms with Crippen LogP contribution in [0.1, 0.15) is 6.42 Å². The van der Waals surface area contributed by atoms with Gasteiger partial charge in [-0.1, -0.05) is 0 Å². The Labute approximate surface area is 80.3 Å². The van der Waals surface area contributed by atoms with E-state index in [4.69, 9.17) is 24.7 Å². The van der Waals surface area contributed by atoms with Crippen LogP contribution in [0.5, 0.6) is 0 Å². The Morgan fingerprint density at radius 3 is 1.79 bits per heavy atom. The van der Waals surface area contributed by atoms with Gasteiger partial charge in [0.15, 0.2) is 0 Å². The average Bonchev–Trinajstić information content (AvgIpc) is 1.92. The molecular weight excluding hydrogens is 236 g/mol. The third-order valence-electron chi connectivity index (χ3n) is 1.30. The van der Waals surface area contributed by atoms with E-state index >= 15 is 0 Å². The van der Waals surface area contributed by atoms with Crippen LogP contribution >= 0.6 is 15.2 Å². The van der Waals surface area contributed by atoms with Crippen molar-refractivity contribution in [2.75, 3.05) is 13.2 Å². The zero-order valence-corrected chi connectivity index (χ0v) is 8.93. The van der Waals surface area contributed by atoms with Gasteiger partial charge in [0.05, 0.1) is 0 Å². The first-order chi connectivity index (χ1) is 6.19. The van der Waals surface area contributed by atoms with Gasteiger partial charge in [-0.25, -0.2) is 0 Å². The van der Waals surface area contributed by atoms with E-state index in [0.717, 1.165) is 0 Å². The molecule has 0 aliphatic rings. The van der Waals surface area contributed by atoms with Crippen LogP contribution in [0, 0.1) is 0 Å². The molecule has 86 valence electrons. The van der Waals surface area contributed by atoms with Crippen molar-refractivity contribution < 1.29 is 33.8 Å². The number of aliphatic hydroxyl groups excluding tert-OH is 1. The van der Waals surface area contributed by atoms with E-state index in [-0.39, 0.29) is 19.6 Å². The molecule has 0 aromatic carbocycles. The number of aliphatic hydroxyl groups is 1. The molecule has 0 saturated carbocycles. The van der Waals surface area contributed by atoms with Crippen molar-refractivity contribution in [3.8, 4) is 0 Å². The summed E-state index contributed by atoms with van der Waals surface area (Å²) in [6, 6.07) is 0. The lowest BCUT2D eigenvalue weighted by Gasteiger charge is -2.20. The maximum Gasteiger partial charge on any atom is 0.354 e. The summed E-state index contributed by atoms with van der Waals surface area (Å²) in [5, 5.41) is 10.4. The quantitative estimate of drug-likeness (QED) is 0.248. The van der Waals surface area contributed by atoms with Crippen LogP contribution < -0.4 is 5.32 Å². The first-order valence-electron chi connectivity index (χ1n) is 3.64. The van der Waals surface area contributed by atoms with Crippen molar-refractivity contribution in [3.63, 3.8) is 0 Å². The van der Waals surface area contributed by atoms with Gasteiger partial charge in [-0.15, -0.1) is 0 Å². The van der Waals surface area contributed by atoms with Gasteiger partial charge < -0.3 is 24.7 Å². The molecule has 0 atom stereocenters. The summed E-state index contributed by atoms with van der Waals surface area (Å²) in [4.78, 5) is 34.4. The molecule has 8 nitrogen and oxygen atoms in total. The lowest BCUT2D eigenvalue weighted by molar-refractivity contribution is 0.281. The fraction of sp³-hybridized carbons (Fsp3) is 1.00. The minimum Gasteiger partial charge on any atom is -0.396 e. The Bertz CT molecular complexity index is 234. The topological polar surface area (TPSA) is 147 Å². The predicted octanol–water partition coefficient (Wildman–Crippen LogP) is -1.40. The average molecular weight is 249 g/mol. The normalized spacial score (nSPS) is 13.6. The zero-order valence-electron chi connectivity index (χ0n) is 7.15. The molecule has 14 heavy (non-hydrogen) atoms. The van der Waals surface area contributed by atoms with Crippen LogP contribution in [-0.2, 0) is 9.13 Å². The smallest absolute Gasteiger partial charge is 0.354 e. The van der Waals surface area contributed by atoms with Crippen LogP contribution in [0.15, 0.2) is 0 Å². The molecular formula is C4H13NO7P2. The van der Waals surface area contributed by atoms with E-state index in [2.05, 4.69) is 0 Å². The highest BCUT2D eigenvalue weighted by Crippen LogP contribution is 2.58. The van der Waals surface area contributed by atoms with Crippen LogP contribution in [0.4, 0.5) is 0 Å². The molecule has 0 amide bonds. The molecule has 0 rings (SSSR count). The van der Waals surface area contributed by atoms with E-state index < -0.39 is 20.7 Å². The fourth-order valence-corrected chi connectivity index (χ4v) is 3.05. The van der Waals surface area contributed by atoms with Crippen molar-refractivity contribution >= 4 is 15.2 Å². The largest absolute Gasteiger partial charge is 0.396 e. The second-order valence-electron chi connectivity index (χ2n) is 2.58. The van der Waals surface area contributed by atoms with Crippen molar-refractivity contribution in [1.82, 2.24) is 5.32 Å². The highest BCUT2D eigenvalue weighted by atomic mass is 31.2. The van der Waals surface area contributed by atoms with E-state index in [0.29, 0.717) is 0 Å². The predicted molar refractivity (Wildman–Crippen MR) is 47.6 cm³/mol. The molecule has 0 radical (unpaired) electrons. The molecule has 0 saturated heterocycles. The SMILES string of the molecule is O=P(O)(O)C(NCCCO)P(=O)(O)O. The summed E-state index contributed by atoms with van der Waals surface area (Å²) >= 11 is 0. The Morgan fingerprint density at radius 2 is 1.50 bits per heavy atom. The summed E-state index contributed by atoms with van der Waals surface area (Å²) in [7, 11) is -9.79. The molecule has 0 spiro atoms. The summed E-state index contributed by atoms with van der Waals surface area (Å²) < 4.78 is 21.3. The van der Waals surface area contributed by atoms with E-state index in [9.17, 15) is 9.13 Å². The molecule has 0 aromatic rings. The summed E-state index contributed by atoms with van der Waals surface area (Å²) in [5.41, 5.74) is -2.19. The first-order valence-corrected chi connectivity index (χ1v) is 7.00. The minimum absolute atomic E-state index is 0.0859. The van der Waals surface area contributed by atoms with Gasteiger partial charge in [-0.2, -0.15) is 0 Å². The molecule has 0 heterocycles. The van der Waals surface area contributed by atoms with Gasteiger partial charge in [-0.05, 0) is 13.0 Å². The molecule has 10 heteroatoms. The van der Waals surface area contributed by atoms with E-state index in [1.807, 2.05) is 5.32 Å². The van der Waals surface area contributed by atoms with Crippen molar-refractivity contribution in [2.45, 2.75) is 11.9 Å². The van der Waals surface area contributed by atoms with E-state index in [1.54, 1.807) is 0 Å². The molecule has 0 unspecified atom stereocenters. The molecule has 0 aliphatic carbocycles. The highest BCUT2D eigenvalue weighted by Gasteiger charge is 2.42. The van der Waals surface area contributed by atoms with Gasteiger partial charge >= 0.3 is 15.2 Å². The second-order valence-corrected chi connectivity index (χ2v) is 6.38. The second kappa shape index (κ2) is 5.34. The minimum atomic E-state index is -4.89. The molecule has 0 aromatic heterocycles. The highest BCUT2D eigenvalue weighted by molar-refractivity contribution is 7.70. The lowest BCUT2D eigenvalue weighted by atomic mass is 10.5. The summed E-state index contributed by atoms with van der Waals surface area (Å²) in [6.45, 7) is -0.320. The van der Waals surface area contributed by atoms with Crippen molar-refractivity contribution in [2.24, 2.45) is 0 Å². The van der Waals surface area contributed by atoms with Crippen molar-refractivity contribution in [1.29, 1.82) is 0 Å². The van der Waals surface area contributed by atoms with Gasteiger partial charge in [0.2, 0.25) is 5.52 Å². The Kier molecular flexibility index (Phi) is 5.43.